The number of hydrogen-bond donors (Lipinski definition) is 1. The number of nitrogens with zero attached hydrogens (tertiary/aromatic N) is 4. The fourth-order valence-electron chi connectivity index (χ4n) is 3.24. The summed E-state index contributed by atoms with van der Waals surface area (Å²) in [7, 11) is 0.446. The highest BCUT2D eigenvalue weighted by atomic mass is 32.2. The smallest absolute Gasteiger partial charge is 0.240 e. The van der Waals surface area contributed by atoms with Crippen LogP contribution in [-0.4, -0.2) is 62.7 Å². The van der Waals surface area contributed by atoms with Gasteiger partial charge in [-0.15, -0.1) is 15.3 Å². The maximum absolute atomic E-state index is 13.9. The molecule has 0 fully saturated rings. The highest BCUT2D eigenvalue weighted by Gasteiger charge is 2.18. The van der Waals surface area contributed by atoms with Gasteiger partial charge in [-0.3, -0.25) is 0 Å². The molecule has 0 aliphatic heterocycles. The van der Waals surface area contributed by atoms with Crippen LogP contribution in [0.2, 0.25) is 0 Å². The van der Waals surface area contributed by atoms with E-state index in [9.17, 15) is 12.8 Å². The van der Waals surface area contributed by atoms with Crippen molar-refractivity contribution in [1.29, 1.82) is 0 Å². The maximum atomic E-state index is 13.9. The molecular formula is C22H22FN5O6S. The molecule has 13 heteroatoms. The normalized spacial score (nSPS) is 11.4. The first-order chi connectivity index (χ1) is 16.9. The lowest BCUT2D eigenvalue weighted by molar-refractivity contribution is 0.306. The minimum atomic E-state index is -3.94. The number of aromatic nitrogens is 4. The van der Waals surface area contributed by atoms with Gasteiger partial charge in [-0.25, -0.2) is 17.5 Å². The van der Waals surface area contributed by atoms with Crippen molar-refractivity contribution in [3.05, 3.63) is 54.3 Å². The number of ether oxygens (including phenoxy) is 4. The van der Waals surface area contributed by atoms with E-state index in [2.05, 4.69) is 20.0 Å². The van der Waals surface area contributed by atoms with Gasteiger partial charge < -0.3 is 18.9 Å². The summed E-state index contributed by atoms with van der Waals surface area (Å²) < 4.78 is 63.7. The lowest BCUT2D eigenvalue weighted by Crippen LogP contribution is -2.28. The minimum Gasteiger partial charge on any atom is -0.497 e. The summed E-state index contributed by atoms with van der Waals surface area (Å²) in [5.41, 5.74) is 1.09. The Hall–Kier alpha value is -3.97. The van der Waals surface area contributed by atoms with Crippen LogP contribution in [0.15, 0.2) is 53.4 Å². The van der Waals surface area contributed by atoms with Crippen molar-refractivity contribution in [3.63, 3.8) is 0 Å². The molecule has 0 saturated heterocycles. The zero-order chi connectivity index (χ0) is 25.0. The molecule has 2 aromatic heterocycles. The van der Waals surface area contributed by atoms with E-state index in [1.54, 1.807) is 37.4 Å². The van der Waals surface area contributed by atoms with Crippen molar-refractivity contribution >= 4 is 15.7 Å². The Morgan fingerprint density at radius 2 is 1.71 bits per heavy atom. The number of sulfonamides is 1. The van der Waals surface area contributed by atoms with Crippen LogP contribution < -0.4 is 23.7 Å². The topological polar surface area (TPSA) is 126 Å². The van der Waals surface area contributed by atoms with Crippen LogP contribution in [0.5, 0.6) is 23.1 Å². The van der Waals surface area contributed by atoms with Crippen LogP contribution in [0.3, 0.4) is 0 Å². The molecule has 4 aromatic rings. The van der Waals surface area contributed by atoms with E-state index in [1.807, 2.05) is 0 Å². The molecule has 0 aliphatic carbocycles. The largest absolute Gasteiger partial charge is 0.497 e. The number of rotatable bonds is 10. The third-order valence-electron chi connectivity index (χ3n) is 4.96. The molecule has 4 rings (SSSR count). The zero-order valence-electron chi connectivity index (χ0n) is 19.1. The Bertz CT molecular complexity index is 1460. The Labute approximate surface area is 200 Å². The van der Waals surface area contributed by atoms with Crippen molar-refractivity contribution in [2.45, 2.75) is 4.90 Å². The highest BCUT2D eigenvalue weighted by Crippen LogP contribution is 2.32. The minimum absolute atomic E-state index is 0.0314. The van der Waals surface area contributed by atoms with Crippen molar-refractivity contribution in [2.24, 2.45) is 0 Å². The second-order valence-electron chi connectivity index (χ2n) is 7.07. The molecule has 2 aromatic carbocycles. The SMILES string of the molecule is COc1ccc(OC)c(-c2nnc3ccc(OCCNS(=O)(=O)c4ccc(OC)c(F)c4)nn23)c1. The summed E-state index contributed by atoms with van der Waals surface area (Å²) in [6, 6.07) is 11.9. The van der Waals surface area contributed by atoms with Gasteiger partial charge in [0.25, 0.3) is 0 Å². The first-order valence-corrected chi connectivity index (χ1v) is 11.8. The molecule has 0 amide bonds. The predicted octanol–water partition coefficient (Wildman–Crippen LogP) is 2.31. The number of methoxy groups -OCH3 is 3. The molecule has 0 unspecified atom stereocenters. The van der Waals surface area contributed by atoms with Gasteiger partial charge in [0, 0.05) is 12.6 Å². The number of hydrogen-bond acceptors (Lipinski definition) is 9. The number of fused-ring (bicyclic) bond motifs is 1. The fraction of sp³-hybridized carbons (Fsp3) is 0.227. The highest BCUT2D eigenvalue weighted by molar-refractivity contribution is 7.89. The monoisotopic (exact) mass is 503 g/mol. The van der Waals surface area contributed by atoms with Crippen LogP contribution >= 0.6 is 0 Å². The molecule has 0 atom stereocenters. The van der Waals surface area contributed by atoms with Gasteiger partial charge in [-0.1, -0.05) is 0 Å². The first-order valence-electron chi connectivity index (χ1n) is 10.3. The van der Waals surface area contributed by atoms with Gasteiger partial charge in [0.05, 0.1) is 31.8 Å². The lowest BCUT2D eigenvalue weighted by Gasteiger charge is -2.10. The Morgan fingerprint density at radius 3 is 2.43 bits per heavy atom. The summed E-state index contributed by atoms with van der Waals surface area (Å²) >= 11 is 0. The van der Waals surface area contributed by atoms with Gasteiger partial charge in [0.1, 0.15) is 18.1 Å². The van der Waals surface area contributed by atoms with Crippen molar-refractivity contribution in [2.75, 3.05) is 34.5 Å². The molecule has 11 nitrogen and oxygen atoms in total. The van der Waals surface area contributed by atoms with E-state index in [4.69, 9.17) is 18.9 Å². The third-order valence-corrected chi connectivity index (χ3v) is 6.42. The number of halogens is 1. The van der Waals surface area contributed by atoms with E-state index in [-0.39, 0.29) is 29.7 Å². The summed E-state index contributed by atoms with van der Waals surface area (Å²) in [6.07, 6.45) is 0. The van der Waals surface area contributed by atoms with E-state index < -0.39 is 15.8 Å². The molecule has 0 radical (unpaired) electrons. The molecule has 2 heterocycles. The predicted molar refractivity (Wildman–Crippen MR) is 123 cm³/mol. The third kappa shape index (κ3) is 5.10. The van der Waals surface area contributed by atoms with E-state index in [1.165, 1.54) is 30.9 Å². The van der Waals surface area contributed by atoms with Gasteiger partial charge in [-0.05, 0) is 42.5 Å². The van der Waals surface area contributed by atoms with E-state index >= 15 is 0 Å². The summed E-state index contributed by atoms with van der Waals surface area (Å²) in [4.78, 5) is -0.225. The zero-order valence-corrected chi connectivity index (χ0v) is 19.9. The molecule has 1 N–H and O–H groups in total. The molecule has 0 aliphatic rings. The summed E-state index contributed by atoms with van der Waals surface area (Å²) in [6.45, 7) is -0.106. The van der Waals surface area contributed by atoms with Crippen molar-refractivity contribution < 1.29 is 31.8 Å². The van der Waals surface area contributed by atoms with Crippen LogP contribution in [0.4, 0.5) is 4.39 Å². The molecular weight excluding hydrogens is 481 g/mol. The first kappa shape index (κ1) is 24.2. The summed E-state index contributed by atoms with van der Waals surface area (Å²) in [5.74, 6) is 0.959. The van der Waals surface area contributed by atoms with Gasteiger partial charge in [0.15, 0.2) is 23.0 Å². The van der Waals surface area contributed by atoms with Crippen LogP contribution in [0.25, 0.3) is 17.0 Å². The van der Waals surface area contributed by atoms with Crippen molar-refractivity contribution in [3.8, 4) is 34.5 Å². The molecule has 35 heavy (non-hydrogen) atoms. The van der Waals surface area contributed by atoms with Gasteiger partial charge >= 0.3 is 0 Å². The Balaban J connectivity index is 1.47. The number of nitrogens with one attached hydrogen (secondary N) is 1. The number of benzene rings is 2. The Kier molecular flexibility index (Phi) is 6.98. The quantitative estimate of drug-likeness (QED) is 0.324. The molecule has 0 saturated carbocycles. The van der Waals surface area contributed by atoms with Crippen LogP contribution in [-0.2, 0) is 10.0 Å². The maximum Gasteiger partial charge on any atom is 0.240 e. The van der Waals surface area contributed by atoms with Crippen LogP contribution in [0.1, 0.15) is 0 Å². The Morgan fingerprint density at radius 1 is 0.943 bits per heavy atom. The van der Waals surface area contributed by atoms with Crippen molar-refractivity contribution in [1.82, 2.24) is 24.5 Å². The fourth-order valence-corrected chi connectivity index (χ4v) is 4.26. The molecule has 0 spiro atoms. The molecule has 184 valence electrons. The van der Waals surface area contributed by atoms with Gasteiger partial charge in [0.2, 0.25) is 15.9 Å². The standard InChI is InChI=1S/C22H22FN5O6S/c1-31-14-4-6-18(32-2)16(12-14)22-26-25-20-8-9-21(27-28(20)22)34-11-10-24-35(29,30)15-5-7-19(33-3)17(23)13-15/h4-9,12-13,24H,10-11H2,1-3H3. The van der Waals surface area contributed by atoms with E-state index in [0.717, 1.165) is 6.07 Å². The summed E-state index contributed by atoms with van der Waals surface area (Å²) in [5, 5.41) is 12.7. The molecule has 0 bridgehead atoms. The average Bonchev–Trinajstić information content (AvgIpc) is 3.29. The van der Waals surface area contributed by atoms with Gasteiger partial charge in [-0.2, -0.15) is 4.52 Å². The van der Waals surface area contributed by atoms with E-state index in [0.29, 0.717) is 28.5 Å². The lowest BCUT2D eigenvalue weighted by atomic mass is 10.2. The second-order valence-corrected chi connectivity index (χ2v) is 8.84. The van der Waals surface area contributed by atoms with Crippen LogP contribution in [0, 0.1) is 5.82 Å². The second kappa shape index (κ2) is 10.1. The average molecular weight is 504 g/mol.